The second-order valence-electron chi connectivity index (χ2n) is 6.27. The van der Waals surface area contributed by atoms with Gasteiger partial charge in [0.2, 0.25) is 10.0 Å². The second-order valence-corrected chi connectivity index (χ2v) is 9.34. The molecule has 3 rings (SSSR count). The third kappa shape index (κ3) is 5.61. The van der Waals surface area contributed by atoms with Crippen molar-refractivity contribution < 1.29 is 13.2 Å². The molecule has 1 aliphatic rings. The van der Waals surface area contributed by atoms with Gasteiger partial charge in [-0.1, -0.05) is 0 Å². The Morgan fingerprint density at radius 3 is 2.88 bits per heavy atom. The number of hydrogen-bond acceptors (Lipinski definition) is 7. The highest BCUT2D eigenvalue weighted by Gasteiger charge is 2.19. The lowest BCUT2D eigenvalue weighted by atomic mass is 10.2. The summed E-state index contributed by atoms with van der Waals surface area (Å²) in [6.07, 6.45) is 0.906. The molecular formula is C16H24N4O3S2. The average molecular weight is 385 g/mol. The standard InChI is InChI=1S/C16H24N4O3S2/c1-12-19-15-9-13(3-4-16(15)24-12)23-14(10-18-25(2,21)22)11-20-7-5-17-6-8-20/h3-4,9,14,17-18H,5-8,10-11H2,1-2H3. The third-order valence-electron chi connectivity index (χ3n) is 4.01. The number of rotatable bonds is 7. The summed E-state index contributed by atoms with van der Waals surface area (Å²) in [6.45, 7) is 6.66. The van der Waals surface area contributed by atoms with Crippen LogP contribution in [-0.2, 0) is 10.0 Å². The second kappa shape index (κ2) is 7.96. The molecule has 7 nitrogen and oxygen atoms in total. The molecule has 1 aliphatic heterocycles. The lowest BCUT2D eigenvalue weighted by molar-refractivity contribution is 0.126. The van der Waals surface area contributed by atoms with E-state index in [1.54, 1.807) is 11.3 Å². The number of aryl methyl sites for hydroxylation is 1. The van der Waals surface area contributed by atoms with Crippen LogP contribution in [0.1, 0.15) is 5.01 Å². The molecular weight excluding hydrogens is 360 g/mol. The van der Waals surface area contributed by atoms with Gasteiger partial charge in [0, 0.05) is 45.3 Å². The van der Waals surface area contributed by atoms with Crippen molar-refractivity contribution in [2.45, 2.75) is 13.0 Å². The molecule has 0 saturated carbocycles. The molecule has 25 heavy (non-hydrogen) atoms. The normalized spacial score (nSPS) is 17.7. The summed E-state index contributed by atoms with van der Waals surface area (Å²) in [7, 11) is -3.26. The summed E-state index contributed by atoms with van der Waals surface area (Å²) in [5.41, 5.74) is 0.914. The first kappa shape index (κ1) is 18.5. The smallest absolute Gasteiger partial charge is 0.208 e. The lowest BCUT2D eigenvalue weighted by Crippen LogP contribution is -2.49. The number of aromatic nitrogens is 1. The molecule has 0 bridgehead atoms. The quantitative estimate of drug-likeness (QED) is 0.735. The molecule has 2 aromatic rings. The van der Waals surface area contributed by atoms with Gasteiger partial charge in [0.15, 0.2) is 0 Å². The van der Waals surface area contributed by atoms with E-state index >= 15 is 0 Å². The van der Waals surface area contributed by atoms with Crippen molar-refractivity contribution in [1.29, 1.82) is 0 Å². The number of hydrogen-bond donors (Lipinski definition) is 2. The summed E-state index contributed by atoms with van der Waals surface area (Å²) in [5, 5.41) is 4.33. The zero-order chi connectivity index (χ0) is 17.9. The maximum absolute atomic E-state index is 11.5. The number of ether oxygens (including phenoxy) is 1. The van der Waals surface area contributed by atoms with Crippen LogP contribution in [0.4, 0.5) is 0 Å². The van der Waals surface area contributed by atoms with Gasteiger partial charge in [-0.15, -0.1) is 11.3 Å². The summed E-state index contributed by atoms with van der Waals surface area (Å²) >= 11 is 1.65. The van der Waals surface area contributed by atoms with E-state index in [1.807, 2.05) is 25.1 Å². The van der Waals surface area contributed by atoms with E-state index < -0.39 is 10.0 Å². The minimum Gasteiger partial charge on any atom is -0.488 e. The maximum Gasteiger partial charge on any atom is 0.208 e. The molecule has 1 saturated heterocycles. The minimum atomic E-state index is -3.26. The van der Waals surface area contributed by atoms with Crippen molar-refractivity contribution in [3.63, 3.8) is 0 Å². The Bertz CT molecular complexity index is 816. The van der Waals surface area contributed by atoms with Gasteiger partial charge < -0.3 is 10.1 Å². The Kier molecular flexibility index (Phi) is 5.90. The zero-order valence-corrected chi connectivity index (χ0v) is 16.1. The fourth-order valence-corrected chi connectivity index (χ4v) is 4.15. The molecule has 0 aliphatic carbocycles. The minimum absolute atomic E-state index is 0.247. The molecule has 1 aromatic heterocycles. The molecule has 9 heteroatoms. The molecule has 1 aromatic carbocycles. The van der Waals surface area contributed by atoms with Crippen molar-refractivity contribution in [1.82, 2.24) is 19.9 Å². The highest BCUT2D eigenvalue weighted by atomic mass is 32.2. The first-order valence-corrected chi connectivity index (χ1v) is 11.0. The lowest BCUT2D eigenvalue weighted by Gasteiger charge is -2.31. The van der Waals surface area contributed by atoms with Crippen LogP contribution >= 0.6 is 11.3 Å². The van der Waals surface area contributed by atoms with Crippen LogP contribution < -0.4 is 14.8 Å². The fourth-order valence-electron chi connectivity index (χ4n) is 2.86. The highest BCUT2D eigenvalue weighted by molar-refractivity contribution is 7.88. The number of piperazine rings is 1. The van der Waals surface area contributed by atoms with Gasteiger partial charge in [-0.2, -0.15) is 0 Å². The van der Waals surface area contributed by atoms with Crippen LogP contribution in [0, 0.1) is 6.92 Å². The van der Waals surface area contributed by atoms with E-state index in [9.17, 15) is 8.42 Å². The van der Waals surface area contributed by atoms with Gasteiger partial charge >= 0.3 is 0 Å². The summed E-state index contributed by atoms with van der Waals surface area (Å²) in [5.74, 6) is 0.716. The Labute approximate surface area is 152 Å². The number of nitrogens with zero attached hydrogens (tertiary/aromatic N) is 2. The molecule has 1 atom stereocenters. The molecule has 2 N–H and O–H groups in total. The molecule has 0 radical (unpaired) electrons. The van der Waals surface area contributed by atoms with Crippen LogP contribution in [0.2, 0.25) is 0 Å². The first-order valence-electron chi connectivity index (χ1n) is 8.30. The Morgan fingerprint density at radius 2 is 2.16 bits per heavy atom. The number of thiazole rings is 1. The highest BCUT2D eigenvalue weighted by Crippen LogP contribution is 2.26. The number of benzene rings is 1. The maximum atomic E-state index is 11.5. The van der Waals surface area contributed by atoms with Crippen molar-refractivity contribution in [2.75, 3.05) is 45.5 Å². The van der Waals surface area contributed by atoms with Crippen molar-refractivity contribution in [3.05, 3.63) is 23.2 Å². The van der Waals surface area contributed by atoms with Gasteiger partial charge in [-0.3, -0.25) is 4.90 Å². The third-order valence-corrected chi connectivity index (χ3v) is 5.66. The zero-order valence-electron chi connectivity index (χ0n) is 14.5. The van der Waals surface area contributed by atoms with Crippen LogP contribution in [0.15, 0.2) is 18.2 Å². The van der Waals surface area contributed by atoms with Gasteiger partial charge in [0.1, 0.15) is 11.9 Å². The van der Waals surface area contributed by atoms with E-state index in [4.69, 9.17) is 4.74 Å². The predicted octanol–water partition coefficient (Wildman–Crippen LogP) is 0.807. The van der Waals surface area contributed by atoms with Crippen LogP contribution in [-0.4, -0.2) is 69.9 Å². The van der Waals surface area contributed by atoms with E-state index in [0.717, 1.165) is 41.4 Å². The molecule has 0 amide bonds. The van der Waals surface area contributed by atoms with E-state index in [1.165, 1.54) is 6.26 Å². The van der Waals surface area contributed by atoms with Gasteiger partial charge in [-0.05, 0) is 19.1 Å². The van der Waals surface area contributed by atoms with Gasteiger partial charge in [0.25, 0.3) is 0 Å². The molecule has 1 fully saturated rings. The van der Waals surface area contributed by atoms with Gasteiger partial charge in [-0.25, -0.2) is 18.1 Å². The number of nitrogens with one attached hydrogen (secondary N) is 2. The Balaban J connectivity index is 1.71. The van der Waals surface area contributed by atoms with Crippen molar-refractivity contribution >= 4 is 31.6 Å². The fraction of sp³-hybridized carbons (Fsp3) is 0.562. The first-order chi connectivity index (χ1) is 11.9. The van der Waals surface area contributed by atoms with Crippen molar-refractivity contribution in [2.24, 2.45) is 0 Å². The SMILES string of the molecule is Cc1nc2cc(OC(CNS(C)(=O)=O)CN3CCNCC3)ccc2s1. The summed E-state index contributed by atoms with van der Waals surface area (Å²) in [4.78, 5) is 6.78. The molecule has 1 unspecified atom stereocenters. The number of sulfonamides is 1. The largest absolute Gasteiger partial charge is 0.488 e. The Hall–Kier alpha value is -1.26. The summed E-state index contributed by atoms with van der Waals surface area (Å²) < 4.78 is 32.7. The van der Waals surface area contributed by atoms with Crippen molar-refractivity contribution in [3.8, 4) is 5.75 Å². The molecule has 138 valence electrons. The summed E-state index contributed by atoms with van der Waals surface area (Å²) in [6, 6.07) is 5.84. The Morgan fingerprint density at radius 1 is 1.40 bits per heavy atom. The van der Waals surface area contributed by atoms with E-state index in [0.29, 0.717) is 12.3 Å². The number of fused-ring (bicyclic) bond motifs is 1. The van der Waals surface area contributed by atoms with Crippen LogP contribution in [0.25, 0.3) is 10.2 Å². The monoisotopic (exact) mass is 384 g/mol. The van der Waals surface area contributed by atoms with E-state index in [2.05, 4.69) is 19.9 Å². The van der Waals surface area contributed by atoms with E-state index in [-0.39, 0.29) is 12.6 Å². The predicted molar refractivity (Wildman–Crippen MR) is 101 cm³/mol. The molecule has 2 heterocycles. The topological polar surface area (TPSA) is 83.6 Å². The van der Waals surface area contributed by atoms with Gasteiger partial charge in [0.05, 0.1) is 21.5 Å². The molecule has 0 spiro atoms. The average Bonchev–Trinajstić information content (AvgIpc) is 2.92. The van der Waals surface area contributed by atoms with Crippen LogP contribution in [0.3, 0.4) is 0 Å². The van der Waals surface area contributed by atoms with Crippen LogP contribution in [0.5, 0.6) is 5.75 Å².